The number of aromatic nitrogens is 3. The van der Waals surface area contributed by atoms with Crippen LogP contribution in [0.1, 0.15) is 102 Å². The van der Waals surface area contributed by atoms with E-state index in [9.17, 15) is 42.8 Å². The number of nitrogen functional groups attached to an aromatic ring is 1. The second kappa shape index (κ2) is 30.5. The molecule has 3 saturated heterocycles. The first-order valence-corrected chi connectivity index (χ1v) is 30.8. The molecule has 2 aromatic heterocycles. The quantitative estimate of drug-likeness (QED) is 0.0504. The van der Waals surface area contributed by atoms with Gasteiger partial charge in [-0.25, -0.2) is 13.8 Å². The van der Waals surface area contributed by atoms with Crippen LogP contribution in [0.2, 0.25) is 0 Å². The molecule has 0 spiro atoms. The Kier molecular flexibility index (Phi) is 22.4. The summed E-state index contributed by atoms with van der Waals surface area (Å²) in [6.45, 7) is 6.21. The van der Waals surface area contributed by atoms with Crippen molar-refractivity contribution in [3.8, 4) is 17.2 Å². The first kappa shape index (κ1) is 64.1. The number of halogens is 2. The fourth-order valence-electron chi connectivity index (χ4n) is 11.8. The van der Waals surface area contributed by atoms with E-state index >= 15 is 0 Å². The van der Waals surface area contributed by atoms with E-state index in [1.54, 1.807) is 37.0 Å². The van der Waals surface area contributed by atoms with E-state index in [-0.39, 0.29) is 124 Å². The normalized spacial score (nSPS) is 19.3. The molecule has 5 atom stereocenters. The largest absolute Gasteiger partial charge is 0.382 e. The minimum atomic E-state index is -0.808. The average Bonchev–Trinajstić information content (AvgIpc) is 2.01. The van der Waals surface area contributed by atoms with Crippen LogP contribution in [0.4, 0.5) is 20.3 Å². The molecule has 4 aromatic rings. The highest BCUT2D eigenvalue weighted by atomic mass is 32.2. The van der Waals surface area contributed by atoms with Crippen LogP contribution in [0.15, 0.2) is 59.7 Å². The summed E-state index contributed by atoms with van der Waals surface area (Å²) in [5.74, 6) is -1.70. The second-order valence-electron chi connectivity index (χ2n) is 22.2. The van der Waals surface area contributed by atoms with Crippen molar-refractivity contribution >= 4 is 63.6 Å². The van der Waals surface area contributed by atoms with E-state index < -0.39 is 29.8 Å². The van der Waals surface area contributed by atoms with Crippen LogP contribution in [-0.4, -0.2) is 199 Å². The maximum Gasteiger partial charge on any atom is 0.254 e. The van der Waals surface area contributed by atoms with Crippen molar-refractivity contribution in [1.29, 1.82) is 5.26 Å². The molecule has 9 rings (SSSR count). The number of hydrogen-bond acceptors (Lipinski definition) is 18. The summed E-state index contributed by atoms with van der Waals surface area (Å²) in [4.78, 5) is 97.3. The number of pyridine rings is 1. The number of piperidine rings is 1. The van der Waals surface area contributed by atoms with Crippen molar-refractivity contribution < 1.29 is 56.5 Å². The molecule has 2 bridgehead atoms. The predicted octanol–water partition coefficient (Wildman–Crippen LogP) is 4.29. The van der Waals surface area contributed by atoms with Crippen LogP contribution in [0.5, 0.6) is 0 Å². The van der Waals surface area contributed by atoms with E-state index in [0.717, 1.165) is 12.8 Å². The number of Topliss-reactive ketones (excluding diaryl/α,β-unsaturated/α-hetero) is 1. The molecule has 5 aliphatic rings. The molecule has 0 aliphatic carbocycles. The highest BCUT2D eigenvalue weighted by molar-refractivity contribution is 8.14. The number of nitrogens with two attached hydrogens (primary N) is 1. The third kappa shape index (κ3) is 15.8. The molecule has 26 heteroatoms. The predicted molar refractivity (Wildman–Crippen MR) is 321 cm³/mol. The van der Waals surface area contributed by atoms with Crippen molar-refractivity contribution in [3.63, 3.8) is 0 Å². The maximum atomic E-state index is 14.7. The highest BCUT2D eigenvalue weighted by Gasteiger charge is 2.43. The lowest BCUT2D eigenvalue weighted by molar-refractivity contribution is -0.140. The molecule has 0 radical (unpaired) electrons. The first-order chi connectivity index (χ1) is 42.1. The zero-order valence-electron chi connectivity index (χ0n) is 49.5. The number of ketones is 1. The molecule has 3 fully saturated rings. The summed E-state index contributed by atoms with van der Waals surface area (Å²) in [6.07, 6.45) is 5.80. The van der Waals surface area contributed by atoms with Crippen LogP contribution in [0.25, 0.3) is 11.1 Å². The number of nitriles is 1. The standard InChI is InChI=1S/C61H77F2N13O10S/c1-38(66-2)58(80)70-55(61(82)75-20-5-7-49(75)59-69-47(37-87-59)56(79)40-8-10-42(62)11-9-40)39-14-21-73(22-15-39)53(78)17-25-84-27-29-86-31-30-85-28-26-83-24-16-52(77)67-18-23-76-51(34-64)54-41-32-50(57(65)68-35-41)74-19-4-6-48(74)45-33-43(63)12-13-44(45)60(81)72(3)36-46(54)71-76/h8-13,32-33,35,38-39,47-49,55,66H,4-7,14-31,36-37H2,1-3H3,(H2,65,68)(H,67,77)(H,70,80)/t38-,47?,48-,49-,55-/m1/s1. The van der Waals surface area contributed by atoms with Crippen molar-refractivity contribution in [2.45, 2.75) is 102 Å². The Morgan fingerprint density at radius 2 is 1.52 bits per heavy atom. The third-order valence-corrected chi connectivity index (χ3v) is 17.7. The Labute approximate surface area is 509 Å². The first-order valence-electron chi connectivity index (χ1n) is 29.8. The lowest BCUT2D eigenvalue weighted by Crippen LogP contribution is -2.58. The molecule has 7 heterocycles. The van der Waals surface area contributed by atoms with Gasteiger partial charge in [-0.15, -0.1) is 11.8 Å². The zero-order chi connectivity index (χ0) is 61.6. The monoisotopic (exact) mass is 1220 g/mol. The van der Waals surface area contributed by atoms with Crippen molar-refractivity contribution in [2.24, 2.45) is 10.9 Å². The Morgan fingerprint density at radius 3 is 2.22 bits per heavy atom. The Bertz CT molecular complexity index is 3190. The number of likely N-dealkylation sites (tertiary alicyclic amines) is 2. The molecule has 466 valence electrons. The Balaban J connectivity index is 0.633. The molecule has 0 saturated carbocycles. The summed E-state index contributed by atoms with van der Waals surface area (Å²) in [5, 5.41) is 24.8. The molecule has 5 aliphatic heterocycles. The minimum Gasteiger partial charge on any atom is -0.382 e. The van der Waals surface area contributed by atoms with Gasteiger partial charge < -0.3 is 60.2 Å². The number of hydrogen-bond donors (Lipinski definition) is 4. The van der Waals surface area contributed by atoms with Gasteiger partial charge in [0.1, 0.15) is 41.3 Å². The number of fused-ring (bicyclic) bond motifs is 8. The Hall–Kier alpha value is -7.41. The molecule has 87 heavy (non-hydrogen) atoms. The highest BCUT2D eigenvalue weighted by Crippen LogP contribution is 2.43. The van der Waals surface area contributed by atoms with Crippen molar-refractivity contribution in [2.75, 3.05) is 116 Å². The summed E-state index contributed by atoms with van der Waals surface area (Å²) < 4.78 is 52.3. The third-order valence-electron chi connectivity index (χ3n) is 16.6. The van der Waals surface area contributed by atoms with Gasteiger partial charge in [-0.3, -0.25) is 38.4 Å². The van der Waals surface area contributed by atoms with Crippen LogP contribution >= 0.6 is 11.8 Å². The number of nitrogens with one attached hydrogen (secondary N) is 3. The van der Waals surface area contributed by atoms with Gasteiger partial charge in [0.15, 0.2) is 5.78 Å². The van der Waals surface area contributed by atoms with Crippen LogP contribution in [0.3, 0.4) is 0 Å². The number of likely N-dealkylation sites (N-methyl/N-ethyl adjacent to an activating group) is 1. The van der Waals surface area contributed by atoms with Gasteiger partial charge in [-0.2, -0.15) is 10.4 Å². The minimum absolute atomic E-state index is 0.0419. The summed E-state index contributed by atoms with van der Waals surface area (Å²) >= 11 is 1.46. The molecular weight excluding hydrogens is 1140 g/mol. The van der Waals surface area contributed by atoms with Gasteiger partial charge in [0.05, 0.1) is 107 Å². The van der Waals surface area contributed by atoms with E-state index in [0.29, 0.717) is 128 Å². The van der Waals surface area contributed by atoms with Gasteiger partial charge in [-0.05, 0) is 113 Å². The number of carbonyl (C=O) groups is 6. The molecule has 2 aromatic carbocycles. The number of nitrogens with zero attached hydrogens (tertiary/aromatic N) is 9. The number of carbonyl (C=O) groups excluding carboxylic acids is 6. The van der Waals surface area contributed by atoms with Gasteiger partial charge in [0.2, 0.25) is 23.6 Å². The summed E-state index contributed by atoms with van der Waals surface area (Å²) in [7, 11) is 3.32. The van der Waals surface area contributed by atoms with Crippen LogP contribution < -0.4 is 26.6 Å². The number of aliphatic imine (C=N–C) groups is 1. The number of rotatable bonds is 26. The van der Waals surface area contributed by atoms with Gasteiger partial charge in [0, 0.05) is 80.4 Å². The van der Waals surface area contributed by atoms with Crippen LogP contribution in [0, 0.1) is 28.9 Å². The molecule has 5 amide bonds. The zero-order valence-corrected chi connectivity index (χ0v) is 50.3. The van der Waals surface area contributed by atoms with Gasteiger partial charge >= 0.3 is 0 Å². The second-order valence-corrected chi connectivity index (χ2v) is 23.3. The number of amides is 5. The Morgan fingerprint density at radius 1 is 0.851 bits per heavy atom. The summed E-state index contributed by atoms with van der Waals surface area (Å²) in [5.41, 5.74) is 10.2. The maximum absolute atomic E-state index is 14.7. The van der Waals surface area contributed by atoms with Crippen molar-refractivity contribution in [3.05, 3.63) is 94.4 Å². The smallest absolute Gasteiger partial charge is 0.254 e. The SMILES string of the molecule is CN[C@H](C)C(=O)N[C@@H](C(=O)N1CCC[C@@H]1C1=NC(C(=O)c2ccc(F)cc2)CS1)C1CCN(C(=O)CCOCCOCCOCCOCCC(=O)NCCn2nc3c(c2C#N)-c2cnc(N)c(c2)N2CCC[C@@H]2c2cc(F)ccc2C(=O)N(C)C3)CC1. The van der Waals surface area contributed by atoms with Crippen LogP contribution in [-0.2, 0) is 51.2 Å². The lowest BCUT2D eigenvalue weighted by Gasteiger charge is -2.38. The number of ether oxygens (including phenoxy) is 4. The van der Waals surface area contributed by atoms with E-state index in [1.165, 1.54) is 63.8 Å². The molecule has 1 unspecified atom stereocenters. The van der Waals surface area contributed by atoms with E-state index in [1.807, 2.05) is 11.0 Å². The number of benzene rings is 2. The molecular formula is C61H77F2N13O10S. The van der Waals surface area contributed by atoms with Gasteiger partial charge in [0.25, 0.3) is 5.91 Å². The van der Waals surface area contributed by atoms with E-state index in [4.69, 9.17) is 34.8 Å². The topological polar surface area (TPSA) is 281 Å². The fraction of sp³-hybridized carbons (Fsp3) is 0.541. The lowest BCUT2D eigenvalue weighted by atomic mass is 9.88. The fourth-order valence-corrected chi connectivity index (χ4v) is 13.0. The number of thioether (sulfide) groups is 1. The van der Waals surface area contributed by atoms with Gasteiger partial charge in [-0.1, -0.05) is 0 Å². The average molecular weight is 1220 g/mol. The molecule has 5 N–H and O–H groups in total. The van der Waals surface area contributed by atoms with E-state index in [2.05, 4.69) is 27.0 Å². The summed E-state index contributed by atoms with van der Waals surface area (Å²) in [6, 6.07) is 11.2. The van der Waals surface area contributed by atoms with Crippen molar-refractivity contribution in [1.82, 2.24) is 45.4 Å². The number of anilines is 2. The molecule has 23 nitrogen and oxygen atoms in total.